The Morgan fingerprint density at radius 1 is 1.27 bits per heavy atom. The number of nitrogens with one attached hydrogen (secondary N) is 1. The Morgan fingerprint density at radius 2 is 2.00 bits per heavy atom. The van der Waals surface area contributed by atoms with Crippen molar-refractivity contribution in [3.05, 3.63) is 60.3 Å². The molecule has 0 saturated heterocycles. The normalized spacial score (nSPS) is 19.7. The second-order valence-corrected chi connectivity index (χ2v) is 6.33. The average molecular weight is 387 g/mol. The first kappa shape index (κ1) is 20.6. The Morgan fingerprint density at radius 3 is 2.69 bits per heavy atom. The number of aliphatic hydroxyl groups excluding tert-OH is 1. The van der Waals surface area contributed by atoms with Gasteiger partial charge in [-0.1, -0.05) is 36.4 Å². The van der Waals surface area contributed by atoms with Gasteiger partial charge in [-0.2, -0.15) is 13.2 Å². The molecule has 7 heteroatoms. The van der Waals surface area contributed by atoms with Gasteiger partial charge in [-0.3, -0.25) is 0 Å². The van der Waals surface area contributed by atoms with Gasteiger partial charge in [-0.15, -0.1) is 12.4 Å². The molecule has 2 N–H and O–H groups in total. The maximum absolute atomic E-state index is 13.2. The lowest BCUT2D eigenvalue weighted by Gasteiger charge is -2.31. The highest BCUT2D eigenvalue weighted by molar-refractivity contribution is 5.85. The van der Waals surface area contributed by atoms with E-state index in [1.807, 2.05) is 41.1 Å². The number of allylic oxidation sites excluding steroid dienone is 3. The van der Waals surface area contributed by atoms with Gasteiger partial charge in [0.15, 0.2) is 0 Å². The lowest BCUT2D eigenvalue weighted by Crippen LogP contribution is -2.35. The summed E-state index contributed by atoms with van der Waals surface area (Å²) in [5, 5.41) is 14.5. The first-order valence-corrected chi connectivity index (χ1v) is 8.24. The number of aliphatic hydroxyl groups is 1. The van der Waals surface area contributed by atoms with Crippen LogP contribution in [0.2, 0.25) is 0 Å². The number of hydrogen-bond acceptors (Lipinski definition) is 2. The number of rotatable bonds is 5. The van der Waals surface area contributed by atoms with Crippen LogP contribution < -0.4 is 5.32 Å². The molecule has 0 radical (unpaired) electrons. The van der Waals surface area contributed by atoms with Crippen LogP contribution in [0.4, 0.5) is 13.2 Å². The SMILES string of the molecule is CNCC(O)[C@H](C1=CC=CC(C(F)(F)F)C1)n1ccc2ccccc21.Cl. The molecule has 1 aliphatic carbocycles. The Bertz CT molecular complexity index is 797. The largest absolute Gasteiger partial charge is 0.395 e. The lowest BCUT2D eigenvalue weighted by atomic mass is 9.87. The molecule has 3 atom stereocenters. The van der Waals surface area contributed by atoms with Gasteiger partial charge in [-0.05, 0) is 36.6 Å². The van der Waals surface area contributed by atoms with Crippen molar-refractivity contribution in [1.82, 2.24) is 9.88 Å². The van der Waals surface area contributed by atoms with Crippen LogP contribution in [-0.2, 0) is 0 Å². The van der Waals surface area contributed by atoms with Crippen molar-refractivity contribution in [3.63, 3.8) is 0 Å². The number of hydrogen-bond donors (Lipinski definition) is 2. The zero-order chi connectivity index (χ0) is 18.0. The van der Waals surface area contributed by atoms with Crippen LogP contribution in [0, 0.1) is 5.92 Å². The van der Waals surface area contributed by atoms with Crippen LogP contribution in [0.1, 0.15) is 12.5 Å². The van der Waals surface area contributed by atoms with Crippen molar-refractivity contribution in [1.29, 1.82) is 0 Å². The van der Waals surface area contributed by atoms with Crippen molar-refractivity contribution in [3.8, 4) is 0 Å². The minimum atomic E-state index is -4.28. The molecule has 0 bridgehead atoms. The van der Waals surface area contributed by atoms with Crippen molar-refractivity contribution in [2.75, 3.05) is 13.6 Å². The quantitative estimate of drug-likeness (QED) is 0.806. The molecule has 0 aliphatic heterocycles. The van der Waals surface area contributed by atoms with E-state index in [9.17, 15) is 18.3 Å². The summed E-state index contributed by atoms with van der Waals surface area (Å²) in [5.41, 5.74) is 1.47. The molecule has 0 amide bonds. The van der Waals surface area contributed by atoms with E-state index >= 15 is 0 Å². The van der Waals surface area contributed by atoms with E-state index in [-0.39, 0.29) is 25.4 Å². The van der Waals surface area contributed by atoms with Crippen LogP contribution in [0.3, 0.4) is 0 Å². The summed E-state index contributed by atoms with van der Waals surface area (Å²) in [4.78, 5) is 0. The van der Waals surface area contributed by atoms with Gasteiger partial charge < -0.3 is 15.0 Å². The van der Waals surface area contributed by atoms with Gasteiger partial charge in [0.1, 0.15) is 0 Å². The monoisotopic (exact) mass is 386 g/mol. The number of para-hydroxylation sites is 1. The summed E-state index contributed by atoms with van der Waals surface area (Å²) in [5.74, 6) is -1.52. The molecule has 26 heavy (non-hydrogen) atoms. The minimum absolute atomic E-state index is 0. The van der Waals surface area contributed by atoms with Crippen LogP contribution >= 0.6 is 12.4 Å². The molecule has 3 nitrogen and oxygen atoms in total. The van der Waals surface area contributed by atoms with E-state index in [0.29, 0.717) is 5.57 Å². The molecule has 1 aromatic heterocycles. The van der Waals surface area contributed by atoms with Crippen LogP contribution in [-0.4, -0.2) is 35.5 Å². The molecule has 2 unspecified atom stereocenters. The molecule has 0 spiro atoms. The molecule has 2 aromatic rings. The van der Waals surface area contributed by atoms with Gasteiger partial charge in [0, 0.05) is 18.3 Å². The summed E-state index contributed by atoms with van der Waals surface area (Å²) >= 11 is 0. The van der Waals surface area contributed by atoms with Gasteiger partial charge >= 0.3 is 6.18 Å². The Labute approximate surface area is 156 Å². The summed E-state index contributed by atoms with van der Waals surface area (Å²) in [7, 11) is 1.71. The van der Waals surface area contributed by atoms with Crippen LogP contribution in [0.5, 0.6) is 0 Å². The Hall–Kier alpha value is -1.76. The standard InChI is InChI=1S/C19H21F3N2O.ClH/c1-23-12-17(25)18(14-6-4-7-15(11-14)19(20,21)22)24-10-9-13-5-2-3-8-16(13)24;/h2-10,15,17-18,23,25H,11-12H2,1H3;1H/t15?,17?,18-;/m0./s1. The minimum Gasteiger partial charge on any atom is -0.389 e. The van der Waals surface area contributed by atoms with Gasteiger partial charge in [-0.25, -0.2) is 0 Å². The third-order valence-electron chi connectivity index (χ3n) is 4.62. The number of halogens is 4. The van der Waals surface area contributed by atoms with Crippen molar-refractivity contribution >= 4 is 23.3 Å². The highest BCUT2D eigenvalue weighted by Crippen LogP contribution is 2.39. The third-order valence-corrected chi connectivity index (χ3v) is 4.62. The zero-order valence-corrected chi connectivity index (χ0v) is 15.1. The summed E-state index contributed by atoms with van der Waals surface area (Å²) in [6.45, 7) is 0.287. The number of nitrogens with zero attached hydrogens (tertiary/aromatic N) is 1. The Kier molecular flexibility index (Phi) is 6.55. The topological polar surface area (TPSA) is 37.2 Å². The fraction of sp³-hybridized carbons (Fsp3) is 0.368. The molecular formula is C19H22ClF3N2O. The van der Waals surface area contributed by atoms with Crippen molar-refractivity contribution in [2.24, 2.45) is 5.92 Å². The first-order chi connectivity index (χ1) is 11.9. The van der Waals surface area contributed by atoms with Crippen molar-refractivity contribution in [2.45, 2.75) is 24.7 Å². The molecule has 3 rings (SSSR count). The maximum Gasteiger partial charge on any atom is 0.395 e. The summed E-state index contributed by atoms with van der Waals surface area (Å²) < 4.78 is 41.4. The molecular weight excluding hydrogens is 365 g/mol. The van der Waals surface area contributed by atoms with Gasteiger partial charge in [0.05, 0.1) is 18.1 Å². The van der Waals surface area contributed by atoms with E-state index in [2.05, 4.69) is 5.32 Å². The molecule has 142 valence electrons. The highest BCUT2D eigenvalue weighted by Gasteiger charge is 2.40. The number of aromatic nitrogens is 1. The number of likely N-dealkylation sites (N-methyl/N-ethyl adjacent to an activating group) is 1. The van der Waals surface area contributed by atoms with E-state index in [1.165, 1.54) is 12.2 Å². The molecule has 1 heterocycles. The molecule has 0 saturated carbocycles. The van der Waals surface area contributed by atoms with E-state index in [4.69, 9.17) is 0 Å². The van der Waals surface area contributed by atoms with Gasteiger partial charge in [0.25, 0.3) is 0 Å². The van der Waals surface area contributed by atoms with Crippen LogP contribution in [0.15, 0.2) is 60.3 Å². The number of fused-ring (bicyclic) bond motifs is 1. The molecule has 0 fully saturated rings. The van der Waals surface area contributed by atoms with Gasteiger partial charge in [0.2, 0.25) is 0 Å². The van der Waals surface area contributed by atoms with E-state index in [0.717, 1.165) is 10.9 Å². The second-order valence-electron chi connectivity index (χ2n) is 6.33. The Balaban J connectivity index is 0.00000243. The zero-order valence-electron chi connectivity index (χ0n) is 14.3. The fourth-order valence-electron chi connectivity index (χ4n) is 3.43. The predicted octanol–water partition coefficient (Wildman–Crippen LogP) is 4.25. The second kappa shape index (κ2) is 8.29. The predicted molar refractivity (Wildman–Crippen MR) is 99.5 cm³/mol. The first-order valence-electron chi connectivity index (χ1n) is 8.24. The molecule has 1 aliphatic rings. The smallest absolute Gasteiger partial charge is 0.389 e. The highest BCUT2D eigenvalue weighted by atomic mass is 35.5. The number of alkyl halides is 3. The lowest BCUT2D eigenvalue weighted by molar-refractivity contribution is -0.161. The van der Waals surface area contributed by atoms with E-state index < -0.39 is 24.2 Å². The maximum atomic E-state index is 13.2. The van der Waals surface area contributed by atoms with Crippen LogP contribution in [0.25, 0.3) is 10.9 Å². The summed E-state index contributed by atoms with van der Waals surface area (Å²) in [6, 6.07) is 9.01. The third kappa shape index (κ3) is 4.14. The van der Waals surface area contributed by atoms with E-state index in [1.54, 1.807) is 13.1 Å². The van der Waals surface area contributed by atoms with Crippen molar-refractivity contribution < 1.29 is 18.3 Å². The molecule has 1 aromatic carbocycles. The fourth-order valence-corrected chi connectivity index (χ4v) is 3.43. The summed E-state index contributed by atoms with van der Waals surface area (Å²) in [6.07, 6.45) is 0.884. The average Bonchev–Trinajstić information content (AvgIpc) is 2.99. The number of benzene rings is 1.